The SMILES string of the molecule is CCNC(=NCc1ncnn1C)NCC(OC)c1ccccc1.I. The normalized spacial score (nSPS) is 12.4. The Morgan fingerprint density at radius 1 is 1.29 bits per heavy atom. The topological polar surface area (TPSA) is 76.4 Å². The molecule has 8 heteroatoms. The smallest absolute Gasteiger partial charge is 0.191 e. The summed E-state index contributed by atoms with van der Waals surface area (Å²) in [4.78, 5) is 8.70. The molecular formula is C16H25IN6O. The van der Waals surface area contributed by atoms with Gasteiger partial charge in [0.2, 0.25) is 0 Å². The van der Waals surface area contributed by atoms with Crippen molar-refractivity contribution in [3.05, 3.63) is 48.0 Å². The van der Waals surface area contributed by atoms with E-state index in [0.717, 1.165) is 23.9 Å². The third kappa shape index (κ3) is 6.08. The Morgan fingerprint density at radius 3 is 2.62 bits per heavy atom. The van der Waals surface area contributed by atoms with Gasteiger partial charge in [-0.3, -0.25) is 4.68 Å². The fourth-order valence-corrected chi connectivity index (χ4v) is 2.15. The first-order valence-electron chi connectivity index (χ1n) is 7.67. The molecule has 1 heterocycles. The van der Waals surface area contributed by atoms with Gasteiger partial charge in [-0.25, -0.2) is 9.98 Å². The van der Waals surface area contributed by atoms with Crippen LogP contribution in [-0.4, -0.2) is 40.9 Å². The van der Waals surface area contributed by atoms with Crippen molar-refractivity contribution in [1.29, 1.82) is 0 Å². The highest BCUT2D eigenvalue weighted by Crippen LogP contribution is 2.14. The van der Waals surface area contributed by atoms with Crippen LogP contribution in [0.5, 0.6) is 0 Å². The van der Waals surface area contributed by atoms with Crippen molar-refractivity contribution >= 4 is 29.9 Å². The number of nitrogens with one attached hydrogen (secondary N) is 2. The van der Waals surface area contributed by atoms with Gasteiger partial charge in [-0.15, -0.1) is 24.0 Å². The minimum atomic E-state index is -0.0325. The van der Waals surface area contributed by atoms with Crippen LogP contribution >= 0.6 is 24.0 Å². The molecule has 1 aromatic heterocycles. The van der Waals surface area contributed by atoms with Gasteiger partial charge in [0.15, 0.2) is 5.96 Å². The van der Waals surface area contributed by atoms with E-state index in [4.69, 9.17) is 4.74 Å². The van der Waals surface area contributed by atoms with Crippen LogP contribution in [0.25, 0.3) is 0 Å². The molecule has 1 atom stereocenters. The zero-order valence-electron chi connectivity index (χ0n) is 14.3. The second kappa shape index (κ2) is 11.0. The van der Waals surface area contributed by atoms with Crippen molar-refractivity contribution in [3.63, 3.8) is 0 Å². The van der Waals surface area contributed by atoms with Crippen molar-refractivity contribution in [3.8, 4) is 0 Å². The zero-order valence-corrected chi connectivity index (χ0v) is 16.6. The maximum absolute atomic E-state index is 5.56. The van der Waals surface area contributed by atoms with Crippen LogP contribution in [-0.2, 0) is 18.3 Å². The molecule has 0 fully saturated rings. The summed E-state index contributed by atoms with van der Waals surface area (Å²) in [5.41, 5.74) is 1.13. The predicted molar refractivity (Wildman–Crippen MR) is 105 cm³/mol. The van der Waals surface area contributed by atoms with Gasteiger partial charge in [0.05, 0.1) is 6.10 Å². The Bertz CT molecular complexity index is 616. The van der Waals surface area contributed by atoms with Gasteiger partial charge < -0.3 is 15.4 Å². The first-order valence-corrected chi connectivity index (χ1v) is 7.67. The summed E-state index contributed by atoms with van der Waals surface area (Å²) in [7, 11) is 3.57. The first-order chi connectivity index (χ1) is 11.2. The molecule has 0 aliphatic carbocycles. The largest absolute Gasteiger partial charge is 0.375 e. The monoisotopic (exact) mass is 444 g/mol. The van der Waals surface area contributed by atoms with Crippen LogP contribution in [0.3, 0.4) is 0 Å². The van der Waals surface area contributed by atoms with Crippen LogP contribution in [0, 0.1) is 0 Å². The van der Waals surface area contributed by atoms with Gasteiger partial charge in [-0.1, -0.05) is 30.3 Å². The molecule has 0 radical (unpaired) electrons. The van der Waals surface area contributed by atoms with Crippen molar-refractivity contribution < 1.29 is 4.74 Å². The molecule has 0 aliphatic heterocycles. The lowest BCUT2D eigenvalue weighted by molar-refractivity contribution is 0.106. The Hall–Kier alpha value is -1.68. The van der Waals surface area contributed by atoms with Gasteiger partial charge in [0.25, 0.3) is 0 Å². The molecule has 2 aromatic rings. The van der Waals surface area contributed by atoms with E-state index in [1.165, 1.54) is 6.33 Å². The number of guanidine groups is 1. The number of rotatable bonds is 7. The predicted octanol–water partition coefficient (Wildman–Crippen LogP) is 1.88. The molecule has 0 amide bonds. The van der Waals surface area contributed by atoms with E-state index in [2.05, 4.69) is 37.8 Å². The average Bonchev–Trinajstić information content (AvgIpc) is 2.99. The third-order valence-electron chi connectivity index (χ3n) is 3.44. The number of aromatic nitrogens is 3. The number of hydrogen-bond acceptors (Lipinski definition) is 4. The Balaban J connectivity index is 0.00000288. The van der Waals surface area contributed by atoms with Crippen LogP contribution in [0.2, 0.25) is 0 Å². The number of aryl methyl sites for hydroxylation is 1. The van der Waals surface area contributed by atoms with E-state index in [1.54, 1.807) is 11.8 Å². The minimum absolute atomic E-state index is 0. The van der Waals surface area contributed by atoms with Gasteiger partial charge in [-0.2, -0.15) is 5.10 Å². The van der Waals surface area contributed by atoms with Gasteiger partial charge in [-0.05, 0) is 12.5 Å². The van der Waals surface area contributed by atoms with Gasteiger partial charge in [0.1, 0.15) is 18.7 Å². The number of ether oxygens (including phenoxy) is 1. The zero-order chi connectivity index (χ0) is 16.5. The summed E-state index contributed by atoms with van der Waals surface area (Å²) >= 11 is 0. The molecule has 132 valence electrons. The summed E-state index contributed by atoms with van der Waals surface area (Å²) < 4.78 is 7.28. The molecule has 24 heavy (non-hydrogen) atoms. The van der Waals surface area contributed by atoms with Crippen molar-refractivity contribution in [2.75, 3.05) is 20.2 Å². The maximum atomic E-state index is 5.56. The van der Waals surface area contributed by atoms with E-state index >= 15 is 0 Å². The van der Waals surface area contributed by atoms with Crippen LogP contribution in [0.4, 0.5) is 0 Å². The Labute approximate surface area is 159 Å². The molecule has 0 saturated heterocycles. The lowest BCUT2D eigenvalue weighted by Gasteiger charge is -2.18. The van der Waals surface area contributed by atoms with Gasteiger partial charge in [0, 0.05) is 27.2 Å². The fourth-order valence-electron chi connectivity index (χ4n) is 2.15. The number of hydrogen-bond donors (Lipinski definition) is 2. The minimum Gasteiger partial charge on any atom is -0.375 e. The fraction of sp³-hybridized carbons (Fsp3) is 0.438. The summed E-state index contributed by atoms with van der Waals surface area (Å²) in [6.07, 6.45) is 1.50. The third-order valence-corrected chi connectivity index (χ3v) is 3.44. The molecule has 0 bridgehead atoms. The van der Waals surface area contributed by atoms with E-state index < -0.39 is 0 Å². The summed E-state index contributed by atoms with van der Waals surface area (Å²) in [5, 5.41) is 10.6. The molecule has 7 nitrogen and oxygen atoms in total. The van der Waals surface area contributed by atoms with E-state index in [1.807, 2.05) is 32.2 Å². The highest BCUT2D eigenvalue weighted by molar-refractivity contribution is 14.0. The molecule has 1 unspecified atom stereocenters. The Morgan fingerprint density at radius 2 is 2.04 bits per heavy atom. The van der Waals surface area contributed by atoms with Crippen LogP contribution in [0.15, 0.2) is 41.7 Å². The quantitative estimate of drug-likeness (QED) is 0.388. The van der Waals surface area contributed by atoms with Gasteiger partial charge >= 0.3 is 0 Å². The number of methoxy groups -OCH3 is 1. The summed E-state index contributed by atoms with van der Waals surface area (Å²) in [5.74, 6) is 1.54. The standard InChI is InChI=1S/C16H24N6O.HI/c1-4-17-16(19-11-15-20-12-21-22(15)2)18-10-14(23-3)13-8-6-5-7-9-13;/h5-9,12,14H,4,10-11H2,1-3H3,(H2,17,18,19);1H. The lowest BCUT2D eigenvalue weighted by atomic mass is 10.1. The summed E-state index contributed by atoms with van der Waals surface area (Å²) in [6, 6.07) is 10.1. The molecule has 1 aromatic carbocycles. The maximum Gasteiger partial charge on any atom is 0.191 e. The molecule has 2 N–H and O–H groups in total. The van der Waals surface area contributed by atoms with E-state index in [9.17, 15) is 0 Å². The van der Waals surface area contributed by atoms with Crippen molar-refractivity contribution in [1.82, 2.24) is 25.4 Å². The molecule has 0 spiro atoms. The highest BCUT2D eigenvalue weighted by Gasteiger charge is 2.10. The lowest BCUT2D eigenvalue weighted by Crippen LogP contribution is -2.39. The van der Waals surface area contributed by atoms with Crippen molar-refractivity contribution in [2.45, 2.75) is 19.6 Å². The molecular weight excluding hydrogens is 419 g/mol. The highest BCUT2D eigenvalue weighted by atomic mass is 127. The van der Waals surface area contributed by atoms with E-state index in [0.29, 0.717) is 13.1 Å². The Kier molecular flexibility index (Phi) is 9.31. The molecule has 0 saturated carbocycles. The first kappa shape index (κ1) is 20.4. The van der Waals surface area contributed by atoms with Crippen molar-refractivity contribution in [2.24, 2.45) is 12.0 Å². The van der Waals surface area contributed by atoms with E-state index in [-0.39, 0.29) is 30.1 Å². The average molecular weight is 444 g/mol. The molecule has 2 rings (SSSR count). The second-order valence-electron chi connectivity index (χ2n) is 5.01. The number of aliphatic imine (C=N–C) groups is 1. The number of halogens is 1. The number of nitrogens with zero attached hydrogens (tertiary/aromatic N) is 4. The molecule has 0 aliphatic rings. The number of benzene rings is 1. The van der Waals surface area contributed by atoms with Crippen LogP contribution < -0.4 is 10.6 Å². The second-order valence-corrected chi connectivity index (χ2v) is 5.01. The van der Waals surface area contributed by atoms with Crippen LogP contribution in [0.1, 0.15) is 24.4 Å². The summed E-state index contributed by atoms with van der Waals surface area (Å²) in [6.45, 7) is 3.91.